The maximum atomic E-state index is 12.2. The molecule has 1 saturated carbocycles. The summed E-state index contributed by atoms with van der Waals surface area (Å²) in [6, 6.07) is -1.60. The minimum Gasteiger partial charge on any atom is -0.261 e. The first-order valence-corrected chi connectivity index (χ1v) is 3.08. The second-order valence-corrected chi connectivity index (χ2v) is 2.60. The number of rotatable bonds is 1. The summed E-state index contributed by atoms with van der Waals surface area (Å²) >= 11 is 0. The molecule has 0 amide bonds. The van der Waals surface area contributed by atoms with Gasteiger partial charge in [-0.2, -0.15) is 4.39 Å². The topological polar surface area (TPSA) is 17.1 Å². The fraction of sp³-hybridized carbons (Fsp3) is 0.833. The molecular formula is C6H7F3O. The SMILES string of the molecule is O=C(F)C1CCC(F)(F)C1. The van der Waals surface area contributed by atoms with Crippen LogP contribution in [0.5, 0.6) is 0 Å². The van der Waals surface area contributed by atoms with Crippen LogP contribution in [0.4, 0.5) is 13.2 Å². The molecule has 1 fully saturated rings. The van der Waals surface area contributed by atoms with E-state index >= 15 is 0 Å². The molecule has 0 aliphatic heterocycles. The van der Waals surface area contributed by atoms with E-state index in [4.69, 9.17) is 0 Å². The van der Waals surface area contributed by atoms with Gasteiger partial charge in [-0.25, -0.2) is 8.78 Å². The normalized spacial score (nSPS) is 30.5. The van der Waals surface area contributed by atoms with Crippen molar-refractivity contribution in [2.45, 2.75) is 25.2 Å². The summed E-state index contributed by atoms with van der Waals surface area (Å²) in [4.78, 5) is 9.93. The minimum atomic E-state index is -2.81. The Labute approximate surface area is 56.2 Å². The molecule has 58 valence electrons. The molecule has 0 radical (unpaired) electrons. The summed E-state index contributed by atoms with van der Waals surface area (Å²) < 4.78 is 36.2. The molecule has 0 N–H and O–H groups in total. The quantitative estimate of drug-likeness (QED) is 0.524. The average molecular weight is 152 g/mol. The van der Waals surface area contributed by atoms with Crippen LogP contribution >= 0.6 is 0 Å². The van der Waals surface area contributed by atoms with Crippen LogP contribution in [0.1, 0.15) is 19.3 Å². The van der Waals surface area contributed by atoms with E-state index in [-0.39, 0.29) is 12.8 Å². The molecule has 0 spiro atoms. The Hall–Kier alpha value is -0.540. The van der Waals surface area contributed by atoms with Crippen molar-refractivity contribution < 1.29 is 18.0 Å². The molecule has 0 aromatic carbocycles. The van der Waals surface area contributed by atoms with Crippen molar-refractivity contribution in [1.29, 1.82) is 0 Å². The van der Waals surface area contributed by atoms with Crippen molar-refractivity contribution in [2.24, 2.45) is 5.92 Å². The predicted octanol–water partition coefficient (Wildman–Crippen LogP) is 1.92. The number of hydrogen-bond acceptors (Lipinski definition) is 1. The van der Waals surface area contributed by atoms with Crippen molar-refractivity contribution in [3.63, 3.8) is 0 Å². The molecule has 0 heterocycles. The van der Waals surface area contributed by atoms with Gasteiger partial charge in [0.1, 0.15) is 0 Å². The fourth-order valence-electron chi connectivity index (χ4n) is 1.14. The van der Waals surface area contributed by atoms with E-state index in [0.717, 1.165) is 0 Å². The molecule has 4 heteroatoms. The number of carbonyl (C=O) groups excluding carboxylic acids is 1. The first-order chi connectivity index (χ1) is 4.51. The van der Waals surface area contributed by atoms with E-state index in [0.29, 0.717) is 0 Å². The molecule has 10 heavy (non-hydrogen) atoms. The van der Waals surface area contributed by atoms with Gasteiger partial charge in [0.25, 0.3) is 0 Å². The first-order valence-electron chi connectivity index (χ1n) is 3.08. The van der Waals surface area contributed by atoms with Crippen LogP contribution < -0.4 is 0 Å². The van der Waals surface area contributed by atoms with Crippen LogP contribution in [0.3, 0.4) is 0 Å². The van der Waals surface area contributed by atoms with Gasteiger partial charge in [-0.05, 0) is 6.42 Å². The summed E-state index contributed by atoms with van der Waals surface area (Å²) in [6.07, 6.45) is -0.974. The molecule has 0 aromatic heterocycles. The molecule has 1 unspecified atom stereocenters. The number of alkyl halides is 2. The third kappa shape index (κ3) is 1.49. The summed E-state index contributed by atoms with van der Waals surface area (Å²) in [6.45, 7) is 0. The Kier molecular flexibility index (Phi) is 1.70. The van der Waals surface area contributed by atoms with Gasteiger partial charge in [0.15, 0.2) is 0 Å². The van der Waals surface area contributed by atoms with Crippen molar-refractivity contribution in [3.8, 4) is 0 Å². The Morgan fingerprint density at radius 2 is 2.10 bits per heavy atom. The summed E-state index contributed by atoms with van der Waals surface area (Å²) in [5.74, 6) is -3.86. The highest BCUT2D eigenvalue weighted by atomic mass is 19.3. The van der Waals surface area contributed by atoms with E-state index in [1.165, 1.54) is 0 Å². The molecule has 1 atom stereocenters. The van der Waals surface area contributed by atoms with E-state index < -0.39 is 24.3 Å². The maximum absolute atomic E-state index is 12.2. The summed E-state index contributed by atoms with van der Waals surface area (Å²) in [5, 5.41) is 0. The lowest BCUT2D eigenvalue weighted by Gasteiger charge is -2.05. The van der Waals surface area contributed by atoms with Gasteiger partial charge in [0.05, 0.1) is 5.92 Å². The molecule has 1 aliphatic rings. The zero-order valence-corrected chi connectivity index (χ0v) is 5.24. The van der Waals surface area contributed by atoms with Crippen LogP contribution in [0, 0.1) is 5.92 Å². The highest BCUT2D eigenvalue weighted by Gasteiger charge is 2.42. The lowest BCUT2D eigenvalue weighted by atomic mass is 10.1. The lowest BCUT2D eigenvalue weighted by molar-refractivity contribution is -0.134. The molecule has 0 aromatic rings. The van der Waals surface area contributed by atoms with Gasteiger partial charge >= 0.3 is 6.04 Å². The lowest BCUT2D eigenvalue weighted by Crippen LogP contribution is -2.12. The van der Waals surface area contributed by atoms with Crippen LogP contribution in [0.2, 0.25) is 0 Å². The second-order valence-electron chi connectivity index (χ2n) is 2.60. The Morgan fingerprint density at radius 3 is 2.30 bits per heavy atom. The largest absolute Gasteiger partial charge is 0.304 e. The maximum Gasteiger partial charge on any atom is 0.304 e. The standard InChI is InChI=1S/C6H7F3O/c7-5(10)4-1-2-6(8,9)3-4/h4H,1-3H2. The zero-order chi connectivity index (χ0) is 7.78. The van der Waals surface area contributed by atoms with Gasteiger partial charge in [0.2, 0.25) is 5.92 Å². The van der Waals surface area contributed by atoms with Gasteiger partial charge < -0.3 is 0 Å². The molecule has 0 bridgehead atoms. The average Bonchev–Trinajstić information content (AvgIpc) is 2.10. The second kappa shape index (κ2) is 2.25. The van der Waals surface area contributed by atoms with E-state index in [1.54, 1.807) is 0 Å². The number of halogens is 3. The van der Waals surface area contributed by atoms with Crippen LogP contribution in [0.25, 0.3) is 0 Å². The van der Waals surface area contributed by atoms with E-state index in [2.05, 4.69) is 0 Å². The predicted molar refractivity (Wildman–Crippen MR) is 28.4 cm³/mol. The van der Waals surface area contributed by atoms with Gasteiger partial charge in [-0.15, -0.1) is 0 Å². The molecule has 0 saturated heterocycles. The van der Waals surface area contributed by atoms with E-state index in [1.807, 2.05) is 0 Å². The van der Waals surface area contributed by atoms with Gasteiger partial charge in [0, 0.05) is 12.8 Å². The fourth-order valence-corrected chi connectivity index (χ4v) is 1.14. The van der Waals surface area contributed by atoms with Gasteiger partial charge in [-0.1, -0.05) is 0 Å². The van der Waals surface area contributed by atoms with Crippen molar-refractivity contribution >= 4 is 6.04 Å². The third-order valence-electron chi connectivity index (χ3n) is 1.72. The Morgan fingerprint density at radius 1 is 1.50 bits per heavy atom. The molecule has 1 aliphatic carbocycles. The highest BCUT2D eigenvalue weighted by Crippen LogP contribution is 2.39. The van der Waals surface area contributed by atoms with Gasteiger partial charge in [-0.3, -0.25) is 4.79 Å². The number of carbonyl (C=O) groups is 1. The van der Waals surface area contributed by atoms with Crippen LogP contribution in [-0.4, -0.2) is 12.0 Å². The van der Waals surface area contributed by atoms with Crippen molar-refractivity contribution in [2.75, 3.05) is 0 Å². The number of hydrogen-bond donors (Lipinski definition) is 0. The van der Waals surface area contributed by atoms with E-state index in [9.17, 15) is 18.0 Å². The summed E-state index contributed by atoms with van der Waals surface area (Å²) in [7, 11) is 0. The highest BCUT2D eigenvalue weighted by molar-refractivity contribution is 5.71. The third-order valence-corrected chi connectivity index (χ3v) is 1.72. The minimum absolute atomic E-state index is 0.0116. The molecule has 1 nitrogen and oxygen atoms in total. The van der Waals surface area contributed by atoms with Crippen molar-refractivity contribution in [3.05, 3.63) is 0 Å². The Balaban J connectivity index is 2.51. The molecule has 1 rings (SSSR count). The molecular weight excluding hydrogens is 145 g/mol. The first kappa shape index (κ1) is 7.57. The summed E-state index contributed by atoms with van der Waals surface area (Å²) in [5.41, 5.74) is 0. The zero-order valence-electron chi connectivity index (χ0n) is 5.24. The van der Waals surface area contributed by atoms with Crippen LogP contribution in [0.15, 0.2) is 0 Å². The Bertz CT molecular complexity index is 155. The van der Waals surface area contributed by atoms with Crippen LogP contribution in [-0.2, 0) is 4.79 Å². The monoisotopic (exact) mass is 152 g/mol. The smallest absolute Gasteiger partial charge is 0.261 e. The van der Waals surface area contributed by atoms with Crippen molar-refractivity contribution in [1.82, 2.24) is 0 Å².